The normalized spacial score (nSPS) is 12.9. The molecule has 2 N–H and O–H groups in total. The lowest BCUT2D eigenvalue weighted by Crippen LogP contribution is -2.46. The Morgan fingerprint density at radius 1 is 0.964 bits per heavy atom. The standard InChI is InChI=1S/C21H21N3O4/c1-12(2)11-18(25)22-17-10-6-9-14(13(17)3)19(26)23-24-20(27)15-7-4-5-8-16(15)21(24)28/h4-10,12H,11H2,1-3H3,(H,22,25)(H,23,26). The maximum Gasteiger partial charge on any atom is 0.280 e. The molecule has 1 aliphatic rings. The van der Waals surface area contributed by atoms with E-state index < -0.39 is 17.7 Å². The van der Waals surface area contributed by atoms with Crippen molar-refractivity contribution < 1.29 is 19.2 Å². The van der Waals surface area contributed by atoms with Gasteiger partial charge in [0.15, 0.2) is 0 Å². The molecule has 7 nitrogen and oxygen atoms in total. The first-order valence-corrected chi connectivity index (χ1v) is 8.98. The molecule has 1 heterocycles. The van der Waals surface area contributed by atoms with Crippen LogP contribution in [0.4, 0.5) is 5.69 Å². The van der Waals surface area contributed by atoms with Gasteiger partial charge in [-0.1, -0.05) is 32.0 Å². The summed E-state index contributed by atoms with van der Waals surface area (Å²) >= 11 is 0. The molecule has 0 atom stereocenters. The number of nitrogens with zero attached hydrogens (tertiary/aromatic N) is 1. The van der Waals surface area contributed by atoms with E-state index in [0.29, 0.717) is 17.7 Å². The van der Waals surface area contributed by atoms with Crippen LogP contribution >= 0.6 is 0 Å². The van der Waals surface area contributed by atoms with Crippen molar-refractivity contribution in [1.29, 1.82) is 0 Å². The first-order valence-electron chi connectivity index (χ1n) is 8.98. The summed E-state index contributed by atoms with van der Waals surface area (Å²) in [5.41, 5.74) is 4.20. The van der Waals surface area contributed by atoms with Gasteiger partial charge in [-0.25, -0.2) is 0 Å². The number of anilines is 1. The summed E-state index contributed by atoms with van der Waals surface area (Å²) in [5.74, 6) is -1.69. The van der Waals surface area contributed by atoms with Gasteiger partial charge < -0.3 is 5.32 Å². The molecule has 0 saturated carbocycles. The fraction of sp³-hybridized carbons (Fsp3) is 0.238. The van der Waals surface area contributed by atoms with E-state index in [2.05, 4.69) is 10.7 Å². The van der Waals surface area contributed by atoms with Crippen LogP contribution in [0.15, 0.2) is 42.5 Å². The minimum Gasteiger partial charge on any atom is -0.326 e. The van der Waals surface area contributed by atoms with E-state index in [0.717, 1.165) is 5.01 Å². The van der Waals surface area contributed by atoms with Gasteiger partial charge in [0.25, 0.3) is 17.7 Å². The number of hydrogen-bond donors (Lipinski definition) is 2. The van der Waals surface area contributed by atoms with Crippen LogP contribution in [0.3, 0.4) is 0 Å². The van der Waals surface area contributed by atoms with Crippen molar-refractivity contribution in [1.82, 2.24) is 10.4 Å². The van der Waals surface area contributed by atoms with Crippen molar-refractivity contribution >= 4 is 29.3 Å². The molecule has 0 fully saturated rings. The van der Waals surface area contributed by atoms with Crippen molar-refractivity contribution in [3.8, 4) is 0 Å². The third kappa shape index (κ3) is 3.64. The molecule has 0 radical (unpaired) electrons. The van der Waals surface area contributed by atoms with Crippen molar-refractivity contribution in [2.45, 2.75) is 27.2 Å². The van der Waals surface area contributed by atoms with Gasteiger partial charge >= 0.3 is 0 Å². The second-order valence-electron chi connectivity index (χ2n) is 7.06. The molecule has 144 valence electrons. The Hall–Kier alpha value is -3.48. The van der Waals surface area contributed by atoms with E-state index in [4.69, 9.17) is 0 Å². The summed E-state index contributed by atoms with van der Waals surface area (Å²) in [7, 11) is 0. The van der Waals surface area contributed by atoms with Crippen LogP contribution in [0.5, 0.6) is 0 Å². The number of carbonyl (C=O) groups excluding carboxylic acids is 4. The maximum atomic E-state index is 12.7. The number of hydrazine groups is 1. The van der Waals surface area contributed by atoms with E-state index in [1.165, 1.54) is 12.1 Å². The third-order valence-corrected chi connectivity index (χ3v) is 4.45. The maximum absolute atomic E-state index is 12.7. The molecule has 2 aromatic carbocycles. The molecular weight excluding hydrogens is 358 g/mol. The smallest absolute Gasteiger partial charge is 0.280 e. The lowest BCUT2D eigenvalue weighted by Gasteiger charge is -2.17. The molecule has 7 heteroatoms. The largest absolute Gasteiger partial charge is 0.326 e. The Bertz CT molecular complexity index is 946. The molecule has 4 amide bonds. The van der Waals surface area contributed by atoms with Gasteiger partial charge in [-0.05, 0) is 42.7 Å². The van der Waals surface area contributed by atoms with Gasteiger partial charge in [0.2, 0.25) is 5.91 Å². The van der Waals surface area contributed by atoms with E-state index in [-0.39, 0.29) is 28.5 Å². The number of nitrogens with one attached hydrogen (secondary N) is 2. The van der Waals surface area contributed by atoms with Crippen LogP contribution in [0.1, 0.15) is 56.9 Å². The lowest BCUT2D eigenvalue weighted by molar-refractivity contribution is -0.116. The molecule has 0 spiro atoms. The van der Waals surface area contributed by atoms with E-state index in [1.54, 1.807) is 37.3 Å². The predicted molar refractivity (Wildman–Crippen MR) is 104 cm³/mol. The Kier molecular flexibility index (Phi) is 5.26. The van der Waals surface area contributed by atoms with Crippen molar-refractivity contribution in [2.24, 2.45) is 5.92 Å². The highest BCUT2D eigenvalue weighted by atomic mass is 16.2. The minimum atomic E-state index is -0.605. The second kappa shape index (κ2) is 7.64. The Balaban J connectivity index is 1.79. The fourth-order valence-corrected chi connectivity index (χ4v) is 3.04. The van der Waals surface area contributed by atoms with Crippen molar-refractivity contribution in [2.75, 3.05) is 5.32 Å². The molecule has 0 unspecified atom stereocenters. The molecule has 1 aliphatic heterocycles. The Morgan fingerprint density at radius 2 is 1.57 bits per heavy atom. The Morgan fingerprint density at radius 3 is 2.14 bits per heavy atom. The zero-order valence-corrected chi connectivity index (χ0v) is 15.9. The number of fused-ring (bicyclic) bond motifs is 1. The van der Waals surface area contributed by atoms with E-state index in [1.807, 2.05) is 13.8 Å². The number of carbonyl (C=O) groups is 4. The highest BCUT2D eigenvalue weighted by Crippen LogP contribution is 2.23. The van der Waals surface area contributed by atoms with Crippen LogP contribution < -0.4 is 10.7 Å². The highest BCUT2D eigenvalue weighted by Gasteiger charge is 2.36. The molecule has 3 rings (SSSR count). The van der Waals surface area contributed by atoms with Crippen LogP contribution in [-0.4, -0.2) is 28.6 Å². The monoisotopic (exact) mass is 379 g/mol. The number of rotatable bonds is 5. The van der Waals surface area contributed by atoms with Crippen LogP contribution in [0.2, 0.25) is 0 Å². The summed E-state index contributed by atoms with van der Waals surface area (Å²) in [5, 5.41) is 3.51. The summed E-state index contributed by atoms with van der Waals surface area (Å²) in [6, 6.07) is 11.3. The fourth-order valence-electron chi connectivity index (χ4n) is 3.04. The topological polar surface area (TPSA) is 95.6 Å². The van der Waals surface area contributed by atoms with Crippen molar-refractivity contribution in [3.63, 3.8) is 0 Å². The highest BCUT2D eigenvalue weighted by molar-refractivity contribution is 6.22. The summed E-state index contributed by atoms with van der Waals surface area (Å²) in [4.78, 5) is 49.6. The number of imide groups is 1. The van der Waals surface area contributed by atoms with Gasteiger partial charge in [-0.15, -0.1) is 0 Å². The van der Waals surface area contributed by atoms with Crippen molar-refractivity contribution in [3.05, 3.63) is 64.7 Å². The quantitative estimate of drug-likeness (QED) is 0.781. The zero-order chi connectivity index (χ0) is 20.4. The molecular formula is C21H21N3O4. The van der Waals surface area contributed by atoms with Crippen LogP contribution in [-0.2, 0) is 4.79 Å². The van der Waals surface area contributed by atoms with Crippen LogP contribution in [0.25, 0.3) is 0 Å². The molecule has 28 heavy (non-hydrogen) atoms. The zero-order valence-electron chi connectivity index (χ0n) is 15.9. The lowest BCUT2D eigenvalue weighted by atomic mass is 10.1. The SMILES string of the molecule is Cc1c(NC(=O)CC(C)C)cccc1C(=O)NN1C(=O)c2ccccc2C1=O. The summed E-state index contributed by atoms with van der Waals surface area (Å²) < 4.78 is 0. The summed E-state index contributed by atoms with van der Waals surface area (Å²) in [6.07, 6.45) is 0.366. The van der Waals surface area contributed by atoms with Gasteiger partial charge in [-0.2, -0.15) is 5.01 Å². The van der Waals surface area contributed by atoms with Crippen LogP contribution in [0, 0.1) is 12.8 Å². The number of hydrogen-bond acceptors (Lipinski definition) is 4. The van der Waals surface area contributed by atoms with Gasteiger partial charge in [0.1, 0.15) is 0 Å². The molecule has 2 aromatic rings. The summed E-state index contributed by atoms with van der Waals surface area (Å²) in [6.45, 7) is 5.58. The third-order valence-electron chi connectivity index (χ3n) is 4.45. The van der Waals surface area contributed by atoms with E-state index >= 15 is 0 Å². The molecule has 0 saturated heterocycles. The second-order valence-corrected chi connectivity index (χ2v) is 7.06. The number of amides is 4. The van der Waals surface area contributed by atoms with Gasteiger partial charge in [-0.3, -0.25) is 24.6 Å². The predicted octanol–water partition coefficient (Wildman–Crippen LogP) is 2.92. The van der Waals surface area contributed by atoms with Gasteiger partial charge in [0.05, 0.1) is 11.1 Å². The first kappa shape index (κ1) is 19.3. The van der Waals surface area contributed by atoms with E-state index in [9.17, 15) is 19.2 Å². The first-order chi connectivity index (χ1) is 13.3. The number of benzene rings is 2. The average Bonchev–Trinajstić information content (AvgIpc) is 2.88. The molecule has 0 aromatic heterocycles. The minimum absolute atomic E-state index is 0.143. The Labute approximate surface area is 162 Å². The molecule has 0 aliphatic carbocycles. The van der Waals surface area contributed by atoms with Gasteiger partial charge in [0, 0.05) is 17.7 Å². The average molecular weight is 379 g/mol. The molecule has 0 bridgehead atoms.